The Morgan fingerprint density at radius 1 is 1.43 bits per heavy atom. The van der Waals surface area contributed by atoms with Crippen molar-refractivity contribution in [1.29, 1.82) is 0 Å². The monoisotopic (exact) mass is 190 g/mol. The lowest BCUT2D eigenvalue weighted by Gasteiger charge is -2.13. The van der Waals surface area contributed by atoms with Gasteiger partial charge >= 0.3 is 0 Å². The molecule has 2 nitrogen and oxygen atoms in total. The average molecular weight is 190 g/mol. The molecule has 14 heavy (non-hydrogen) atoms. The van der Waals surface area contributed by atoms with Crippen molar-refractivity contribution in [2.45, 2.75) is 33.2 Å². The maximum atomic E-state index is 5.92. The molecule has 0 radical (unpaired) electrons. The van der Waals surface area contributed by atoms with Crippen molar-refractivity contribution in [2.24, 2.45) is 5.41 Å². The maximum absolute atomic E-state index is 5.92. The van der Waals surface area contributed by atoms with Crippen LogP contribution in [0.2, 0.25) is 0 Å². The van der Waals surface area contributed by atoms with E-state index in [2.05, 4.69) is 32.2 Å². The van der Waals surface area contributed by atoms with Crippen LogP contribution in [-0.2, 0) is 0 Å². The molecule has 0 aliphatic heterocycles. The van der Waals surface area contributed by atoms with E-state index < -0.39 is 0 Å². The third-order valence-electron chi connectivity index (χ3n) is 3.14. The highest BCUT2D eigenvalue weighted by atomic mass is 15.0. The van der Waals surface area contributed by atoms with E-state index >= 15 is 0 Å². The summed E-state index contributed by atoms with van der Waals surface area (Å²) in [7, 11) is 0. The molecule has 1 aliphatic carbocycles. The zero-order chi connectivity index (χ0) is 10.3. The van der Waals surface area contributed by atoms with Gasteiger partial charge in [-0.05, 0) is 30.4 Å². The summed E-state index contributed by atoms with van der Waals surface area (Å²) < 4.78 is 0. The standard InChI is InChI=1S/C12H18N2/c1-8-5-4-6-9(13)11(8)14-10-7-12(10,2)3/h4-6,10,14H,7,13H2,1-3H3. The predicted molar refractivity (Wildman–Crippen MR) is 61.4 cm³/mol. The number of para-hydroxylation sites is 1. The van der Waals surface area contributed by atoms with Crippen molar-refractivity contribution >= 4 is 11.4 Å². The molecule has 1 aromatic rings. The minimum atomic E-state index is 0.439. The Morgan fingerprint density at radius 2 is 2.07 bits per heavy atom. The minimum absolute atomic E-state index is 0.439. The van der Waals surface area contributed by atoms with E-state index in [0.717, 1.165) is 11.4 Å². The van der Waals surface area contributed by atoms with E-state index in [1.807, 2.05) is 12.1 Å². The largest absolute Gasteiger partial charge is 0.397 e. The summed E-state index contributed by atoms with van der Waals surface area (Å²) in [5.41, 5.74) is 9.56. The van der Waals surface area contributed by atoms with E-state index in [1.54, 1.807) is 0 Å². The number of hydrogen-bond acceptors (Lipinski definition) is 2. The molecule has 0 heterocycles. The molecular formula is C12H18N2. The van der Waals surface area contributed by atoms with Crippen LogP contribution in [0.15, 0.2) is 18.2 Å². The molecule has 2 heteroatoms. The van der Waals surface area contributed by atoms with Crippen LogP contribution in [0.1, 0.15) is 25.8 Å². The molecule has 0 bridgehead atoms. The number of benzene rings is 1. The molecule has 1 aromatic carbocycles. The first kappa shape index (κ1) is 9.38. The van der Waals surface area contributed by atoms with Crippen LogP contribution in [0, 0.1) is 12.3 Å². The summed E-state index contributed by atoms with van der Waals surface area (Å²) in [4.78, 5) is 0. The van der Waals surface area contributed by atoms with Crippen molar-refractivity contribution in [3.8, 4) is 0 Å². The molecule has 76 valence electrons. The van der Waals surface area contributed by atoms with Gasteiger partial charge in [-0.2, -0.15) is 0 Å². The minimum Gasteiger partial charge on any atom is -0.397 e. The van der Waals surface area contributed by atoms with E-state index in [-0.39, 0.29) is 0 Å². The lowest BCUT2D eigenvalue weighted by molar-refractivity contribution is 0.630. The molecule has 2 rings (SSSR count). The van der Waals surface area contributed by atoms with Crippen LogP contribution in [0.25, 0.3) is 0 Å². The van der Waals surface area contributed by atoms with Crippen molar-refractivity contribution in [3.63, 3.8) is 0 Å². The van der Waals surface area contributed by atoms with Crippen LogP contribution < -0.4 is 11.1 Å². The van der Waals surface area contributed by atoms with Crippen LogP contribution in [0.4, 0.5) is 11.4 Å². The van der Waals surface area contributed by atoms with Crippen molar-refractivity contribution in [1.82, 2.24) is 0 Å². The zero-order valence-corrected chi connectivity index (χ0v) is 9.09. The van der Waals surface area contributed by atoms with Gasteiger partial charge in [0.05, 0.1) is 11.4 Å². The lowest BCUT2D eigenvalue weighted by atomic mass is 10.1. The Balaban J connectivity index is 2.17. The number of nitrogens with two attached hydrogens (primary N) is 1. The second kappa shape index (κ2) is 2.91. The average Bonchev–Trinajstić information content (AvgIpc) is 2.67. The van der Waals surface area contributed by atoms with Crippen molar-refractivity contribution < 1.29 is 0 Å². The van der Waals surface area contributed by atoms with Gasteiger partial charge in [0, 0.05) is 6.04 Å². The number of anilines is 2. The van der Waals surface area contributed by atoms with E-state index in [9.17, 15) is 0 Å². The SMILES string of the molecule is Cc1cccc(N)c1NC1CC1(C)C. The topological polar surface area (TPSA) is 38.0 Å². The molecule has 1 atom stereocenters. The van der Waals surface area contributed by atoms with Crippen LogP contribution in [-0.4, -0.2) is 6.04 Å². The van der Waals surface area contributed by atoms with Gasteiger partial charge < -0.3 is 11.1 Å². The molecule has 0 aromatic heterocycles. The highest BCUT2D eigenvalue weighted by Crippen LogP contribution is 2.47. The van der Waals surface area contributed by atoms with Gasteiger partial charge in [-0.25, -0.2) is 0 Å². The first-order valence-electron chi connectivity index (χ1n) is 5.12. The van der Waals surface area contributed by atoms with Gasteiger partial charge in [-0.1, -0.05) is 26.0 Å². The number of rotatable bonds is 2. The summed E-state index contributed by atoms with van der Waals surface area (Å²) in [5.74, 6) is 0. The summed E-state index contributed by atoms with van der Waals surface area (Å²) in [5, 5.41) is 3.52. The molecule has 1 aliphatic rings. The summed E-state index contributed by atoms with van der Waals surface area (Å²) in [6, 6.07) is 6.62. The van der Waals surface area contributed by atoms with Crippen molar-refractivity contribution in [2.75, 3.05) is 11.1 Å². The molecule has 0 saturated heterocycles. The van der Waals surface area contributed by atoms with Gasteiger partial charge in [-0.3, -0.25) is 0 Å². The van der Waals surface area contributed by atoms with E-state index in [0.29, 0.717) is 11.5 Å². The number of nitrogen functional groups attached to an aromatic ring is 1. The Bertz CT molecular complexity index is 335. The fourth-order valence-corrected chi connectivity index (χ4v) is 1.78. The third kappa shape index (κ3) is 1.57. The van der Waals surface area contributed by atoms with Gasteiger partial charge in [0.1, 0.15) is 0 Å². The second-order valence-corrected chi connectivity index (χ2v) is 4.93. The van der Waals surface area contributed by atoms with Gasteiger partial charge in [0.25, 0.3) is 0 Å². The molecule has 1 saturated carbocycles. The first-order valence-corrected chi connectivity index (χ1v) is 5.12. The van der Waals surface area contributed by atoms with Crippen LogP contribution in [0.3, 0.4) is 0 Å². The van der Waals surface area contributed by atoms with E-state index in [4.69, 9.17) is 5.73 Å². The number of nitrogens with one attached hydrogen (secondary N) is 1. The zero-order valence-electron chi connectivity index (χ0n) is 9.09. The highest BCUT2D eigenvalue weighted by Gasteiger charge is 2.45. The highest BCUT2D eigenvalue weighted by molar-refractivity contribution is 5.70. The molecule has 1 unspecified atom stereocenters. The van der Waals surface area contributed by atoms with Gasteiger partial charge in [0.15, 0.2) is 0 Å². The summed E-state index contributed by atoms with van der Waals surface area (Å²) in [6.45, 7) is 6.65. The number of hydrogen-bond donors (Lipinski definition) is 2. The molecule has 0 amide bonds. The summed E-state index contributed by atoms with van der Waals surface area (Å²) in [6.07, 6.45) is 1.24. The quantitative estimate of drug-likeness (QED) is 0.704. The molecule has 0 spiro atoms. The molecule has 3 N–H and O–H groups in total. The Hall–Kier alpha value is -1.18. The van der Waals surface area contributed by atoms with Gasteiger partial charge in [0.2, 0.25) is 0 Å². The molecule has 1 fully saturated rings. The normalized spacial score (nSPS) is 23.2. The maximum Gasteiger partial charge on any atom is 0.0605 e. The Kier molecular flexibility index (Phi) is 1.95. The first-order chi connectivity index (χ1) is 6.50. The fraction of sp³-hybridized carbons (Fsp3) is 0.500. The van der Waals surface area contributed by atoms with Crippen molar-refractivity contribution in [3.05, 3.63) is 23.8 Å². The fourth-order valence-electron chi connectivity index (χ4n) is 1.78. The van der Waals surface area contributed by atoms with Gasteiger partial charge in [-0.15, -0.1) is 0 Å². The Labute approximate surface area is 85.5 Å². The molecular weight excluding hydrogens is 172 g/mol. The Morgan fingerprint density at radius 3 is 2.57 bits per heavy atom. The number of aryl methyl sites for hydroxylation is 1. The second-order valence-electron chi connectivity index (χ2n) is 4.93. The smallest absolute Gasteiger partial charge is 0.0605 e. The van der Waals surface area contributed by atoms with E-state index in [1.165, 1.54) is 12.0 Å². The van der Waals surface area contributed by atoms with Crippen LogP contribution >= 0.6 is 0 Å². The summed E-state index contributed by atoms with van der Waals surface area (Å²) >= 11 is 0. The third-order valence-corrected chi connectivity index (χ3v) is 3.14. The lowest BCUT2D eigenvalue weighted by Crippen LogP contribution is -2.11. The van der Waals surface area contributed by atoms with Crippen LogP contribution in [0.5, 0.6) is 0 Å². The predicted octanol–water partition coefficient (Wildman–Crippen LogP) is 2.79.